The lowest BCUT2D eigenvalue weighted by atomic mass is 9.67. The second kappa shape index (κ2) is 6.31. The zero-order chi connectivity index (χ0) is 13.3. The molecule has 20 heavy (non-hydrogen) atoms. The number of fused-ring (bicyclic) bond motifs is 1. The molecule has 0 spiro atoms. The van der Waals surface area contributed by atoms with Crippen molar-refractivity contribution < 1.29 is 9.59 Å². The Balaban J connectivity index is 0.00000147. The fourth-order valence-electron chi connectivity index (χ4n) is 3.53. The van der Waals surface area contributed by atoms with E-state index in [4.69, 9.17) is 0 Å². The zero-order valence-corrected chi connectivity index (χ0v) is 12.6. The number of carbonyl (C=O) groups is 2. The van der Waals surface area contributed by atoms with E-state index >= 15 is 0 Å². The van der Waals surface area contributed by atoms with Crippen molar-refractivity contribution in [2.45, 2.75) is 44.6 Å². The first-order valence-corrected chi connectivity index (χ1v) is 7.49. The highest BCUT2D eigenvalue weighted by atomic mass is 35.5. The molecule has 0 bridgehead atoms. The Morgan fingerprint density at radius 2 is 2.00 bits per heavy atom. The van der Waals surface area contributed by atoms with Crippen LogP contribution in [0.15, 0.2) is 0 Å². The Hall–Kier alpha value is -0.810. The molecule has 1 heterocycles. The van der Waals surface area contributed by atoms with Gasteiger partial charge in [0, 0.05) is 12.6 Å². The van der Waals surface area contributed by atoms with E-state index in [2.05, 4.69) is 16.0 Å². The Labute approximate surface area is 126 Å². The van der Waals surface area contributed by atoms with Gasteiger partial charge in [0.2, 0.25) is 11.8 Å². The first kappa shape index (κ1) is 15.6. The van der Waals surface area contributed by atoms with Crippen molar-refractivity contribution in [1.29, 1.82) is 0 Å². The van der Waals surface area contributed by atoms with Crippen molar-refractivity contribution in [2.75, 3.05) is 19.6 Å². The van der Waals surface area contributed by atoms with Gasteiger partial charge >= 0.3 is 0 Å². The van der Waals surface area contributed by atoms with Gasteiger partial charge in [0.15, 0.2) is 0 Å². The zero-order valence-electron chi connectivity index (χ0n) is 11.7. The summed E-state index contributed by atoms with van der Waals surface area (Å²) in [6, 6.07) is 0.359. The first-order valence-electron chi connectivity index (χ1n) is 7.49. The molecule has 0 aromatic carbocycles. The molecule has 0 aromatic heterocycles. The molecule has 0 radical (unpaired) electrons. The Bertz CT molecular complexity index is 387. The molecular weight excluding hydrogens is 278 g/mol. The van der Waals surface area contributed by atoms with Crippen molar-refractivity contribution in [3.63, 3.8) is 0 Å². The third-order valence-corrected chi connectivity index (χ3v) is 4.84. The molecule has 2 amide bonds. The number of nitrogens with one attached hydrogen (secondary N) is 3. The van der Waals surface area contributed by atoms with Gasteiger partial charge in [-0.1, -0.05) is 12.8 Å². The van der Waals surface area contributed by atoms with E-state index < -0.39 is 0 Å². The minimum atomic E-state index is -0.252. The standard InChI is InChI=1S/C14H23N3O2.ClH/c18-12(17-11-4-5-11)8-16-13(19)14-6-2-1-3-10(14)7-15-9-14;/h10-11,15H,1-9H2,(H,16,19)(H,17,18);1H/t10-,14+;/m0./s1. The molecule has 2 aliphatic carbocycles. The largest absolute Gasteiger partial charge is 0.352 e. The monoisotopic (exact) mass is 301 g/mol. The molecule has 3 N–H and O–H groups in total. The van der Waals surface area contributed by atoms with Gasteiger partial charge in [0.1, 0.15) is 0 Å². The van der Waals surface area contributed by atoms with Crippen molar-refractivity contribution in [2.24, 2.45) is 11.3 Å². The van der Waals surface area contributed by atoms with Crippen LogP contribution in [0.4, 0.5) is 0 Å². The fourth-order valence-corrected chi connectivity index (χ4v) is 3.53. The van der Waals surface area contributed by atoms with Crippen LogP contribution in [0.1, 0.15) is 38.5 Å². The van der Waals surface area contributed by atoms with Crippen molar-refractivity contribution in [3.8, 4) is 0 Å². The summed E-state index contributed by atoms with van der Waals surface area (Å²) in [7, 11) is 0. The van der Waals surface area contributed by atoms with Gasteiger partial charge in [-0.25, -0.2) is 0 Å². The number of hydrogen-bond acceptors (Lipinski definition) is 3. The van der Waals surface area contributed by atoms with Crippen LogP contribution in [-0.2, 0) is 9.59 Å². The van der Waals surface area contributed by atoms with Crippen LogP contribution < -0.4 is 16.0 Å². The summed E-state index contributed by atoms with van der Waals surface area (Å²) >= 11 is 0. The number of hydrogen-bond donors (Lipinski definition) is 3. The van der Waals surface area contributed by atoms with E-state index in [1.807, 2.05) is 0 Å². The summed E-state index contributed by atoms with van der Waals surface area (Å²) in [5.74, 6) is 0.478. The lowest BCUT2D eigenvalue weighted by Crippen LogP contribution is -2.50. The molecule has 1 saturated heterocycles. The smallest absolute Gasteiger partial charge is 0.239 e. The van der Waals surface area contributed by atoms with Gasteiger partial charge in [0.25, 0.3) is 0 Å². The van der Waals surface area contributed by atoms with Crippen LogP contribution >= 0.6 is 12.4 Å². The molecule has 0 unspecified atom stereocenters. The maximum atomic E-state index is 12.5. The van der Waals surface area contributed by atoms with Crippen molar-refractivity contribution in [1.82, 2.24) is 16.0 Å². The van der Waals surface area contributed by atoms with Gasteiger partial charge in [-0.2, -0.15) is 0 Å². The number of amides is 2. The van der Waals surface area contributed by atoms with E-state index in [9.17, 15) is 9.59 Å². The van der Waals surface area contributed by atoms with Crippen molar-refractivity contribution in [3.05, 3.63) is 0 Å². The van der Waals surface area contributed by atoms with Gasteiger partial charge in [-0.15, -0.1) is 12.4 Å². The summed E-state index contributed by atoms with van der Waals surface area (Å²) < 4.78 is 0. The third kappa shape index (κ3) is 3.09. The van der Waals surface area contributed by atoms with Crippen LogP contribution in [0.2, 0.25) is 0 Å². The second-order valence-corrected chi connectivity index (χ2v) is 6.25. The highest BCUT2D eigenvalue weighted by molar-refractivity contribution is 5.88. The van der Waals surface area contributed by atoms with Crippen LogP contribution in [0.5, 0.6) is 0 Å². The van der Waals surface area contributed by atoms with Crippen LogP contribution in [0.25, 0.3) is 0 Å². The Morgan fingerprint density at radius 1 is 1.20 bits per heavy atom. The average Bonchev–Trinajstić information content (AvgIpc) is 3.11. The lowest BCUT2D eigenvalue weighted by molar-refractivity contribution is -0.135. The highest BCUT2D eigenvalue weighted by Gasteiger charge is 2.49. The lowest BCUT2D eigenvalue weighted by Gasteiger charge is -2.37. The van der Waals surface area contributed by atoms with Gasteiger partial charge in [-0.05, 0) is 38.1 Å². The van der Waals surface area contributed by atoms with Crippen LogP contribution in [-0.4, -0.2) is 37.5 Å². The molecule has 3 aliphatic rings. The number of carbonyl (C=O) groups excluding carboxylic acids is 2. The van der Waals surface area contributed by atoms with E-state index in [1.54, 1.807) is 0 Å². The fraction of sp³-hybridized carbons (Fsp3) is 0.857. The van der Waals surface area contributed by atoms with E-state index in [0.717, 1.165) is 45.2 Å². The quantitative estimate of drug-likeness (QED) is 0.711. The maximum Gasteiger partial charge on any atom is 0.239 e. The molecule has 6 heteroatoms. The predicted molar refractivity (Wildman–Crippen MR) is 78.7 cm³/mol. The average molecular weight is 302 g/mol. The first-order chi connectivity index (χ1) is 9.21. The van der Waals surface area contributed by atoms with Gasteiger partial charge in [0.05, 0.1) is 12.0 Å². The second-order valence-electron chi connectivity index (χ2n) is 6.25. The van der Waals surface area contributed by atoms with E-state index in [1.165, 1.54) is 6.42 Å². The normalized spacial score (nSPS) is 31.9. The Kier molecular flexibility index (Phi) is 4.91. The summed E-state index contributed by atoms with van der Waals surface area (Å²) in [5, 5.41) is 9.11. The number of rotatable bonds is 4. The summed E-state index contributed by atoms with van der Waals surface area (Å²) in [6.45, 7) is 1.85. The molecule has 3 fully saturated rings. The molecular formula is C14H24ClN3O2. The molecule has 2 atom stereocenters. The van der Waals surface area contributed by atoms with E-state index in [0.29, 0.717) is 12.0 Å². The molecule has 1 aliphatic heterocycles. The van der Waals surface area contributed by atoms with Crippen molar-refractivity contribution >= 4 is 24.2 Å². The summed E-state index contributed by atoms with van der Waals surface area (Å²) in [4.78, 5) is 24.1. The third-order valence-electron chi connectivity index (χ3n) is 4.84. The minimum absolute atomic E-state index is 0. The molecule has 114 valence electrons. The summed E-state index contributed by atoms with van der Waals surface area (Å²) in [6.07, 6.45) is 6.60. The molecule has 2 saturated carbocycles. The van der Waals surface area contributed by atoms with Gasteiger partial charge < -0.3 is 16.0 Å². The van der Waals surface area contributed by atoms with Gasteiger partial charge in [-0.3, -0.25) is 9.59 Å². The van der Waals surface area contributed by atoms with E-state index in [-0.39, 0.29) is 36.2 Å². The Morgan fingerprint density at radius 3 is 2.75 bits per heavy atom. The predicted octanol–water partition coefficient (Wildman–Crippen LogP) is 0.583. The topological polar surface area (TPSA) is 70.2 Å². The summed E-state index contributed by atoms with van der Waals surface area (Å²) in [5.41, 5.74) is -0.252. The minimum Gasteiger partial charge on any atom is -0.352 e. The number of halogens is 1. The van der Waals surface area contributed by atoms with Crippen LogP contribution in [0, 0.1) is 11.3 Å². The molecule has 3 rings (SSSR count). The highest BCUT2D eigenvalue weighted by Crippen LogP contribution is 2.43. The molecule has 5 nitrogen and oxygen atoms in total. The SMILES string of the molecule is Cl.O=C(CNC(=O)[C@@]12CCCC[C@H]1CNC2)NC1CC1. The maximum absolute atomic E-state index is 12.5. The van der Waals surface area contributed by atoms with Crippen LogP contribution in [0.3, 0.4) is 0 Å². The molecule has 0 aromatic rings.